The number of nitrogens with one attached hydrogen (secondary N) is 1. The zero-order chi connectivity index (χ0) is 16.8. The molecule has 2 rings (SSSR count). The van der Waals surface area contributed by atoms with Crippen LogP contribution in [0.4, 0.5) is 11.5 Å². The van der Waals surface area contributed by atoms with E-state index < -0.39 is 4.92 Å². The number of ether oxygens (including phenoxy) is 1. The molecule has 0 saturated heterocycles. The number of hydrogen-bond acceptors (Lipinski definition) is 6. The largest absolute Gasteiger partial charge is 0.434 e. The number of anilines is 1. The highest BCUT2D eigenvalue weighted by Gasteiger charge is 2.25. The molecule has 0 spiro atoms. The van der Waals surface area contributed by atoms with E-state index in [1.54, 1.807) is 12.1 Å². The van der Waals surface area contributed by atoms with E-state index in [9.17, 15) is 10.1 Å². The van der Waals surface area contributed by atoms with Crippen molar-refractivity contribution in [2.24, 2.45) is 0 Å². The Hall–Kier alpha value is -2.70. The molecule has 23 heavy (non-hydrogen) atoms. The highest BCUT2D eigenvalue weighted by Crippen LogP contribution is 2.34. The molecular formula is C16H20N4O3. The third-order valence-electron chi connectivity index (χ3n) is 3.51. The van der Waals surface area contributed by atoms with Crippen LogP contribution in [0.2, 0.25) is 0 Å². The summed E-state index contributed by atoms with van der Waals surface area (Å²) in [6, 6.07) is 7.43. The average molecular weight is 316 g/mol. The normalized spacial score (nSPS) is 11.8. The Bertz CT molecular complexity index is 674. The first-order chi connectivity index (χ1) is 11.0. The van der Waals surface area contributed by atoms with Gasteiger partial charge in [-0.25, -0.2) is 4.98 Å². The van der Waals surface area contributed by atoms with E-state index in [1.165, 1.54) is 6.33 Å². The molecule has 0 amide bonds. The predicted molar refractivity (Wildman–Crippen MR) is 88.0 cm³/mol. The number of aryl methyl sites for hydroxylation is 1. The van der Waals surface area contributed by atoms with Crippen LogP contribution in [0.1, 0.15) is 32.8 Å². The number of benzene rings is 1. The average Bonchev–Trinajstić information content (AvgIpc) is 2.55. The first-order valence-corrected chi connectivity index (χ1v) is 7.57. The first kappa shape index (κ1) is 16.7. The minimum atomic E-state index is -0.527. The van der Waals surface area contributed by atoms with Crippen molar-refractivity contribution < 1.29 is 9.66 Å². The zero-order valence-corrected chi connectivity index (χ0v) is 13.4. The quantitative estimate of drug-likeness (QED) is 0.614. The number of nitro groups is 1. The molecule has 1 heterocycles. The fraction of sp³-hybridized carbons (Fsp3) is 0.375. The summed E-state index contributed by atoms with van der Waals surface area (Å²) in [5.41, 5.74) is 0.904. The predicted octanol–water partition coefficient (Wildman–Crippen LogP) is 3.95. The summed E-state index contributed by atoms with van der Waals surface area (Å²) in [6.07, 6.45) is 2.99. The fourth-order valence-electron chi connectivity index (χ4n) is 1.95. The highest BCUT2D eigenvalue weighted by atomic mass is 16.6. The Labute approximate surface area is 134 Å². The molecule has 1 unspecified atom stereocenters. The maximum absolute atomic E-state index is 11.4. The van der Waals surface area contributed by atoms with Gasteiger partial charge in [-0.15, -0.1) is 0 Å². The van der Waals surface area contributed by atoms with Crippen LogP contribution in [0.5, 0.6) is 11.6 Å². The van der Waals surface area contributed by atoms with E-state index >= 15 is 0 Å². The Morgan fingerprint density at radius 1 is 1.26 bits per heavy atom. The van der Waals surface area contributed by atoms with Gasteiger partial charge in [-0.2, -0.15) is 4.98 Å². The minimum Gasteiger partial charge on any atom is -0.434 e. The van der Waals surface area contributed by atoms with Crippen LogP contribution in [-0.2, 0) is 6.42 Å². The van der Waals surface area contributed by atoms with Crippen LogP contribution in [0.15, 0.2) is 30.6 Å². The van der Waals surface area contributed by atoms with E-state index in [4.69, 9.17) is 4.74 Å². The zero-order valence-electron chi connectivity index (χ0n) is 13.4. The molecule has 0 fully saturated rings. The van der Waals surface area contributed by atoms with Gasteiger partial charge in [-0.05, 0) is 37.5 Å². The Kier molecular flexibility index (Phi) is 5.46. The summed E-state index contributed by atoms with van der Waals surface area (Å²) in [7, 11) is 0. The van der Waals surface area contributed by atoms with Gasteiger partial charge in [0.25, 0.3) is 0 Å². The third-order valence-corrected chi connectivity index (χ3v) is 3.51. The van der Waals surface area contributed by atoms with Crippen LogP contribution in [0.25, 0.3) is 0 Å². The first-order valence-electron chi connectivity index (χ1n) is 7.57. The fourth-order valence-corrected chi connectivity index (χ4v) is 1.95. The van der Waals surface area contributed by atoms with Crippen molar-refractivity contribution >= 4 is 11.5 Å². The molecule has 0 aliphatic heterocycles. The molecule has 7 heteroatoms. The van der Waals surface area contributed by atoms with Crippen molar-refractivity contribution in [2.45, 2.75) is 39.7 Å². The topological polar surface area (TPSA) is 90.2 Å². The van der Waals surface area contributed by atoms with Crippen molar-refractivity contribution in [3.8, 4) is 11.6 Å². The van der Waals surface area contributed by atoms with Gasteiger partial charge in [0.1, 0.15) is 12.1 Å². The molecule has 0 aliphatic rings. The van der Waals surface area contributed by atoms with Crippen LogP contribution < -0.4 is 10.1 Å². The van der Waals surface area contributed by atoms with Crippen molar-refractivity contribution in [3.63, 3.8) is 0 Å². The lowest BCUT2D eigenvalue weighted by Gasteiger charge is -2.13. The van der Waals surface area contributed by atoms with Crippen LogP contribution >= 0.6 is 0 Å². The number of rotatable bonds is 7. The summed E-state index contributed by atoms with van der Waals surface area (Å²) < 4.78 is 5.59. The van der Waals surface area contributed by atoms with Crippen LogP contribution in [0.3, 0.4) is 0 Å². The van der Waals surface area contributed by atoms with E-state index in [1.807, 2.05) is 26.0 Å². The van der Waals surface area contributed by atoms with Gasteiger partial charge < -0.3 is 10.1 Å². The van der Waals surface area contributed by atoms with Gasteiger partial charge in [-0.3, -0.25) is 10.1 Å². The monoisotopic (exact) mass is 316 g/mol. The minimum absolute atomic E-state index is 0.0558. The molecule has 2 aromatic rings. The lowest BCUT2D eigenvalue weighted by molar-refractivity contribution is -0.385. The molecule has 0 radical (unpaired) electrons. The molecule has 0 saturated carbocycles. The number of hydrogen-bond donors (Lipinski definition) is 1. The van der Waals surface area contributed by atoms with Crippen molar-refractivity contribution in [1.29, 1.82) is 0 Å². The lowest BCUT2D eigenvalue weighted by atomic mass is 10.2. The maximum atomic E-state index is 11.4. The van der Waals surface area contributed by atoms with Gasteiger partial charge in [-0.1, -0.05) is 26.0 Å². The second kappa shape index (κ2) is 7.53. The lowest BCUT2D eigenvalue weighted by Crippen LogP contribution is -2.16. The highest BCUT2D eigenvalue weighted by molar-refractivity contribution is 5.62. The number of nitrogens with zero attached hydrogens (tertiary/aromatic N) is 3. The van der Waals surface area contributed by atoms with Gasteiger partial charge >= 0.3 is 11.6 Å². The summed E-state index contributed by atoms with van der Waals surface area (Å²) in [6.45, 7) is 5.96. The molecule has 7 nitrogen and oxygen atoms in total. The summed E-state index contributed by atoms with van der Waals surface area (Å²) >= 11 is 0. The molecule has 0 bridgehead atoms. The Morgan fingerprint density at radius 3 is 2.52 bits per heavy atom. The SMILES string of the molecule is CCc1ccc(Oc2ncnc(NC(C)CC)c2[N+](=O)[O-])cc1. The maximum Gasteiger partial charge on any atom is 0.373 e. The van der Waals surface area contributed by atoms with E-state index in [2.05, 4.69) is 22.2 Å². The molecule has 1 aromatic carbocycles. The Balaban J connectivity index is 2.33. The summed E-state index contributed by atoms with van der Waals surface area (Å²) in [5.74, 6) is 0.595. The van der Waals surface area contributed by atoms with Crippen molar-refractivity contribution in [2.75, 3.05) is 5.32 Å². The smallest absolute Gasteiger partial charge is 0.373 e. The van der Waals surface area contributed by atoms with Crippen molar-refractivity contribution in [3.05, 3.63) is 46.3 Å². The second-order valence-corrected chi connectivity index (χ2v) is 5.19. The van der Waals surface area contributed by atoms with Gasteiger partial charge in [0.15, 0.2) is 0 Å². The van der Waals surface area contributed by atoms with E-state index in [-0.39, 0.29) is 23.4 Å². The standard InChI is InChI=1S/C16H20N4O3/c1-4-11(3)19-15-14(20(21)22)16(18-10-17-15)23-13-8-6-12(5-2)7-9-13/h6-11H,4-5H2,1-3H3,(H,17,18,19). The Morgan fingerprint density at radius 2 is 1.96 bits per heavy atom. The molecule has 1 atom stereocenters. The second-order valence-electron chi connectivity index (χ2n) is 5.19. The molecule has 122 valence electrons. The third kappa shape index (κ3) is 4.15. The van der Waals surface area contributed by atoms with Gasteiger partial charge in [0.05, 0.1) is 4.92 Å². The van der Waals surface area contributed by atoms with Crippen LogP contribution in [-0.4, -0.2) is 20.9 Å². The van der Waals surface area contributed by atoms with E-state index in [0.29, 0.717) is 5.75 Å². The summed E-state index contributed by atoms with van der Waals surface area (Å²) in [5, 5.41) is 14.4. The van der Waals surface area contributed by atoms with Crippen LogP contribution in [0, 0.1) is 10.1 Å². The van der Waals surface area contributed by atoms with E-state index in [0.717, 1.165) is 18.4 Å². The molecule has 1 aromatic heterocycles. The van der Waals surface area contributed by atoms with Crippen molar-refractivity contribution in [1.82, 2.24) is 9.97 Å². The molecular weight excluding hydrogens is 296 g/mol. The van der Waals surface area contributed by atoms with Gasteiger partial charge in [0, 0.05) is 6.04 Å². The van der Waals surface area contributed by atoms with Gasteiger partial charge in [0.2, 0.25) is 5.82 Å². The molecule has 1 N–H and O–H groups in total. The summed E-state index contributed by atoms with van der Waals surface area (Å²) in [4.78, 5) is 18.8. The molecule has 0 aliphatic carbocycles. The number of aromatic nitrogens is 2.